The standard InChI is InChI=1S/C16H14FN3OS2/c1-3-18-15(21)12-8-22-16(20-12)14-13(19-9(2)23-14)10-4-6-11(17)7-5-10/h4-8H,3H2,1-2H3,(H,18,21). The van der Waals surface area contributed by atoms with Crippen molar-refractivity contribution in [1.82, 2.24) is 15.3 Å². The number of hydrogen-bond acceptors (Lipinski definition) is 5. The van der Waals surface area contributed by atoms with E-state index in [4.69, 9.17) is 0 Å². The van der Waals surface area contributed by atoms with Gasteiger partial charge in [-0.25, -0.2) is 14.4 Å². The monoisotopic (exact) mass is 347 g/mol. The lowest BCUT2D eigenvalue weighted by Crippen LogP contribution is -2.22. The maximum absolute atomic E-state index is 13.1. The van der Waals surface area contributed by atoms with Gasteiger partial charge in [0.1, 0.15) is 16.5 Å². The van der Waals surface area contributed by atoms with Gasteiger partial charge in [-0.1, -0.05) is 0 Å². The summed E-state index contributed by atoms with van der Waals surface area (Å²) in [5, 5.41) is 6.12. The van der Waals surface area contributed by atoms with Crippen LogP contribution in [0.1, 0.15) is 22.4 Å². The minimum absolute atomic E-state index is 0.181. The molecule has 2 heterocycles. The first-order chi connectivity index (χ1) is 11.1. The third-order valence-corrected chi connectivity index (χ3v) is 5.09. The van der Waals surface area contributed by atoms with Crippen LogP contribution in [0.3, 0.4) is 0 Å². The second-order valence-electron chi connectivity index (χ2n) is 4.81. The van der Waals surface area contributed by atoms with Crippen LogP contribution in [-0.4, -0.2) is 22.4 Å². The van der Waals surface area contributed by atoms with Crippen LogP contribution in [0.5, 0.6) is 0 Å². The quantitative estimate of drug-likeness (QED) is 0.772. The van der Waals surface area contributed by atoms with Gasteiger partial charge >= 0.3 is 0 Å². The summed E-state index contributed by atoms with van der Waals surface area (Å²) in [5.41, 5.74) is 2.01. The van der Waals surface area contributed by atoms with Crippen molar-refractivity contribution in [2.75, 3.05) is 6.54 Å². The van der Waals surface area contributed by atoms with Crippen molar-refractivity contribution in [3.05, 3.63) is 46.2 Å². The lowest BCUT2D eigenvalue weighted by molar-refractivity contribution is 0.0951. The number of nitrogens with one attached hydrogen (secondary N) is 1. The number of aromatic nitrogens is 2. The molecular formula is C16H14FN3OS2. The molecule has 0 spiro atoms. The highest BCUT2D eigenvalue weighted by Gasteiger charge is 2.18. The number of carbonyl (C=O) groups is 1. The molecule has 3 rings (SSSR count). The number of halogens is 1. The van der Waals surface area contributed by atoms with Crippen LogP contribution in [0.15, 0.2) is 29.6 Å². The van der Waals surface area contributed by atoms with E-state index in [1.165, 1.54) is 34.8 Å². The number of amides is 1. The van der Waals surface area contributed by atoms with Crippen LogP contribution < -0.4 is 5.32 Å². The molecule has 0 bridgehead atoms. The zero-order valence-corrected chi connectivity index (χ0v) is 14.2. The number of carbonyl (C=O) groups excluding carboxylic acids is 1. The summed E-state index contributed by atoms with van der Waals surface area (Å²) in [7, 11) is 0. The van der Waals surface area contributed by atoms with Crippen LogP contribution >= 0.6 is 22.7 Å². The Balaban J connectivity index is 2.01. The van der Waals surface area contributed by atoms with Crippen LogP contribution in [0.4, 0.5) is 4.39 Å². The average molecular weight is 347 g/mol. The van der Waals surface area contributed by atoms with Crippen molar-refractivity contribution < 1.29 is 9.18 Å². The fourth-order valence-corrected chi connectivity index (χ4v) is 3.94. The Morgan fingerprint density at radius 1 is 1.26 bits per heavy atom. The highest BCUT2D eigenvalue weighted by Crippen LogP contribution is 2.38. The van der Waals surface area contributed by atoms with Gasteiger partial charge in [-0.3, -0.25) is 4.79 Å². The molecule has 7 heteroatoms. The van der Waals surface area contributed by atoms with Gasteiger partial charge in [-0.05, 0) is 38.1 Å². The Morgan fingerprint density at radius 3 is 2.70 bits per heavy atom. The largest absolute Gasteiger partial charge is 0.351 e. The Bertz CT molecular complexity index is 839. The van der Waals surface area contributed by atoms with Crippen molar-refractivity contribution in [2.45, 2.75) is 13.8 Å². The highest BCUT2D eigenvalue weighted by atomic mass is 32.1. The van der Waals surface area contributed by atoms with Gasteiger partial charge < -0.3 is 5.32 Å². The Kier molecular flexibility index (Phi) is 4.49. The summed E-state index contributed by atoms with van der Waals surface area (Å²) >= 11 is 2.92. The maximum Gasteiger partial charge on any atom is 0.270 e. The molecule has 0 atom stereocenters. The molecule has 0 fully saturated rings. The first kappa shape index (κ1) is 15.8. The highest BCUT2D eigenvalue weighted by molar-refractivity contribution is 7.21. The molecule has 4 nitrogen and oxygen atoms in total. The molecule has 2 aromatic heterocycles. The lowest BCUT2D eigenvalue weighted by atomic mass is 10.1. The smallest absolute Gasteiger partial charge is 0.270 e. The van der Waals surface area contributed by atoms with E-state index in [1.807, 2.05) is 13.8 Å². The minimum atomic E-state index is -0.282. The number of thiazole rings is 2. The summed E-state index contributed by atoms with van der Waals surface area (Å²) in [6.07, 6.45) is 0. The number of rotatable bonds is 4. The van der Waals surface area contributed by atoms with Crippen molar-refractivity contribution >= 4 is 28.6 Å². The zero-order valence-electron chi connectivity index (χ0n) is 12.6. The summed E-state index contributed by atoms with van der Waals surface area (Å²) < 4.78 is 13.1. The second-order valence-corrected chi connectivity index (χ2v) is 6.88. The summed E-state index contributed by atoms with van der Waals surface area (Å²) in [4.78, 5) is 21.7. The van der Waals surface area contributed by atoms with E-state index in [0.29, 0.717) is 12.2 Å². The maximum atomic E-state index is 13.1. The lowest BCUT2D eigenvalue weighted by Gasteiger charge is -2.00. The van der Waals surface area contributed by atoms with Gasteiger partial charge in [0.05, 0.1) is 15.6 Å². The molecule has 1 N–H and O–H groups in total. The van der Waals surface area contributed by atoms with Gasteiger partial charge in [0, 0.05) is 17.5 Å². The molecule has 0 aliphatic carbocycles. The van der Waals surface area contributed by atoms with Gasteiger partial charge in [0.15, 0.2) is 0 Å². The molecule has 1 aromatic carbocycles. The first-order valence-corrected chi connectivity index (χ1v) is 8.75. The third kappa shape index (κ3) is 3.30. The van der Waals surface area contributed by atoms with Crippen molar-refractivity contribution in [1.29, 1.82) is 0 Å². The molecule has 0 saturated heterocycles. The van der Waals surface area contributed by atoms with Crippen molar-refractivity contribution in [2.24, 2.45) is 0 Å². The van der Waals surface area contributed by atoms with Gasteiger partial charge in [-0.15, -0.1) is 22.7 Å². The average Bonchev–Trinajstić information content (AvgIpc) is 3.15. The number of nitrogens with zero attached hydrogens (tertiary/aromatic N) is 2. The Hall–Kier alpha value is -2.12. The van der Waals surface area contributed by atoms with Crippen LogP contribution in [0, 0.1) is 12.7 Å². The Morgan fingerprint density at radius 2 is 2.00 bits per heavy atom. The van der Waals surface area contributed by atoms with E-state index < -0.39 is 0 Å². The predicted molar refractivity (Wildman–Crippen MR) is 91.4 cm³/mol. The Labute approximate surface area is 141 Å². The summed E-state index contributed by atoms with van der Waals surface area (Å²) in [6.45, 7) is 4.34. The van der Waals surface area contributed by atoms with Crippen LogP contribution in [-0.2, 0) is 0 Å². The molecule has 1 amide bonds. The first-order valence-electron chi connectivity index (χ1n) is 7.06. The second kappa shape index (κ2) is 6.55. The molecule has 0 aliphatic rings. The van der Waals surface area contributed by atoms with Crippen molar-refractivity contribution in [3.8, 4) is 21.1 Å². The molecule has 0 radical (unpaired) electrons. The topological polar surface area (TPSA) is 54.9 Å². The van der Waals surface area contributed by atoms with Crippen molar-refractivity contribution in [3.63, 3.8) is 0 Å². The molecule has 0 aliphatic heterocycles. The van der Waals surface area contributed by atoms with E-state index in [-0.39, 0.29) is 11.7 Å². The van der Waals surface area contributed by atoms with Gasteiger partial charge in [-0.2, -0.15) is 0 Å². The SMILES string of the molecule is CCNC(=O)c1csc(-c2sc(C)nc2-c2ccc(F)cc2)n1. The number of aryl methyl sites for hydroxylation is 1. The van der Waals surface area contributed by atoms with Crippen LogP contribution in [0.2, 0.25) is 0 Å². The molecule has 118 valence electrons. The van der Waals surface area contributed by atoms with E-state index in [0.717, 1.165) is 26.1 Å². The molecule has 23 heavy (non-hydrogen) atoms. The van der Waals surface area contributed by atoms with Crippen LogP contribution in [0.25, 0.3) is 21.1 Å². The molecule has 0 saturated carbocycles. The normalized spacial score (nSPS) is 10.7. The van der Waals surface area contributed by atoms with Gasteiger partial charge in [0.25, 0.3) is 5.91 Å². The van der Waals surface area contributed by atoms with E-state index in [1.54, 1.807) is 17.5 Å². The summed E-state index contributed by atoms with van der Waals surface area (Å²) in [5.74, 6) is -0.463. The zero-order chi connectivity index (χ0) is 16.4. The third-order valence-electron chi connectivity index (χ3n) is 3.12. The van der Waals surface area contributed by atoms with E-state index >= 15 is 0 Å². The number of benzene rings is 1. The minimum Gasteiger partial charge on any atom is -0.351 e. The fraction of sp³-hybridized carbons (Fsp3) is 0.188. The molecule has 3 aromatic rings. The number of hydrogen-bond donors (Lipinski definition) is 1. The van der Waals surface area contributed by atoms with E-state index in [9.17, 15) is 9.18 Å². The predicted octanol–water partition coefficient (Wildman–Crippen LogP) is 4.13. The molecule has 0 unspecified atom stereocenters. The molecular weight excluding hydrogens is 333 g/mol. The summed E-state index contributed by atoms with van der Waals surface area (Å²) in [6, 6.07) is 6.23. The van der Waals surface area contributed by atoms with E-state index in [2.05, 4.69) is 15.3 Å². The fourth-order valence-electron chi connectivity index (χ4n) is 2.11. The van der Waals surface area contributed by atoms with Gasteiger partial charge in [0.2, 0.25) is 0 Å².